The molecule has 2 nitrogen and oxygen atoms in total. The first-order valence-electron chi connectivity index (χ1n) is 5.88. The molecule has 2 unspecified atom stereocenters. The summed E-state index contributed by atoms with van der Waals surface area (Å²) in [4.78, 5) is 0. The zero-order valence-corrected chi connectivity index (χ0v) is 10.0. The Hall–Kier alpha value is -0.930. The first kappa shape index (κ1) is 13.1. The predicted molar refractivity (Wildman–Crippen MR) is 65.3 cm³/mol. The molecule has 0 aromatic heterocycles. The normalized spacial score (nSPS) is 14.8. The van der Waals surface area contributed by atoms with Crippen LogP contribution in [0.15, 0.2) is 24.3 Å². The van der Waals surface area contributed by atoms with Crippen LogP contribution in [0.5, 0.6) is 0 Å². The summed E-state index contributed by atoms with van der Waals surface area (Å²) >= 11 is 0. The SMILES string of the molecule is CCCC(C)C(Cc1cccc(F)c1)NN. The molecule has 0 aliphatic carbocycles. The molecule has 0 heterocycles. The van der Waals surface area contributed by atoms with Gasteiger partial charge in [-0.3, -0.25) is 11.3 Å². The molecule has 3 heteroatoms. The van der Waals surface area contributed by atoms with Crippen LogP contribution in [0.1, 0.15) is 32.3 Å². The molecular weight excluding hydrogens is 203 g/mol. The molecule has 0 fully saturated rings. The molecule has 0 amide bonds. The first-order valence-corrected chi connectivity index (χ1v) is 5.88. The van der Waals surface area contributed by atoms with Crippen molar-refractivity contribution in [3.8, 4) is 0 Å². The van der Waals surface area contributed by atoms with Crippen molar-refractivity contribution in [3.63, 3.8) is 0 Å². The van der Waals surface area contributed by atoms with Gasteiger partial charge in [0.05, 0.1) is 0 Å². The Morgan fingerprint density at radius 3 is 2.75 bits per heavy atom. The average Bonchev–Trinajstić information content (AvgIpc) is 2.26. The number of nitrogens with two attached hydrogens (primary N) is 1. The monoisotopic (exact) mass is 224 g/mol. The Labute approximate surface area is 97.0 Å². The van der Waals surface area contributed by atoms with E-state index in [0.717, 1.165) is 24.8 Å². The van der Waals surface area contributed by atoms with Gasteiger partial charge in [-0.25, -0.2) is 4.39 Å². The molecule has 1 rings (SSSR count). The van der Waals surface area contributed by atoms with Gasteiger partial charge in [0, 0.05) is 6.04 Å². The van der Waals surface area contributed by atoms with Crippen LogP contribution in [0, 0.1) is 11.7 Å². The second-order valence-electron chi connectivity index (χ2n) is 4.37. The van der Waals surface area contributed by atoms with E-state index in [9.17, 15) is 4.39 Å². The van der Waals surface area contributed by atoms with Gasteiger partial charge in [0.25, 0.3) is 0 Å². The van der Waals surface area contributed by atoms with Crippen LogP contribution in [-0.4, -0.2) is 6.04 Å². The van der Waals surface area contributed by atoms with Gasteiger partial charge in [-0.05, 0) is 36.5 Å². The highest BCUT2D eigenvalue weighted by Gasteiger charge is 2.15. The molecule has 0 bridgehead atoms. The fourth-order valence-corrected chi connectivity index (χ4v) is 2.00. The number of hydrogen-bond donors (Lipinski definition) is 2. The van der Waals surface area contributed by atoms with E-state index < -0.39 is 0 Å². The van der Waals surface area contributed by atoms with E-state index in [-0.39, 0.29) is 11.9 Å². The number of rotatable bonds is 6. The van der Waals surface area contributed by atoms with Gasteiger partial charge in [0.15, 0.2) is 0 Å². The van der Waals surface area contributed by atoms with Crippen molar-refractivity contribution >= 4 is 0 Å². The summed E-state index contributed by atoms with van der Waals surface area (Å²) < 4.78 is 13.0. The maximum absolute atomic E-state index is 13.0. The topological polar surface area (TPSA) is 38.0 Å². The van der Waals surface area contributed by atoms with Crippen molar-refractivity contribution < 1.29 is 4.39 Å². The third-order valence-corrected chi connectivity index (χ3v) is 2.99. The molecule has 0 radical (unpaired) electrons. The molecule has 3 N–H and O–H groups in total. The maximum Gasteiger partial charge on any atom is 0.123 e. The van der Waals surface area contributed by atoms with Gasteiger partial charge in [-0.1, -0.05) is 32.4 Å². The number of hydrazine groups is 1. The van der Waals surface area contributed by atoms with Crippen molar-refractivity contribution in [2.75, 3.05) is 0 Å². The lowest BCUT2D eigenvalue weighted by Gasteiger charge is -2.22. The third kappa shape index (κ3) is 3.91. The van der Waals surface area contributed by atoms with E-state index in [4.69, 9.17) is 5.84 Å². The van der Waals surface area contributed by atoms with Gasteiger partial charge in [0.1, 0.15) is 5.82 Å². The highest BCUT2D eigenvalue weighted by Crippen LogP contribution is 2.15. The van der Waals surface area contributed by atoms with Crippen LogP contribution in [0.3, 0.4) is 0 Å². The van der Waals surface area contributed by atoms with E-state index in [1.165, 1.54) is 6.07 Å². The number of nitrogens with one attached hydrogen (secondary N) is 1. The van der Waals surface area contributed by atoms with Crippen LogP contribution in [0.2, 0.25) is 0 Å². The van der Waals surface area contributed by atoms with E-state index in [1.54, 1.807) is 12.1 Å². The van der Waals surface area contributed by atoms with E-state index in [0.29, 0.717) is 5.92 Å². The third-order valence-electron chi connectivity index (χ3n) is 2.99. The van der Waals surface area contributed by atoms with Crippen LogP contribution >= 0.6 is 0 Å². The van der Waals surface area contributed by atoms with Crippen molar-refractivity contribution in [1.29, 1.82) is 0 Å². The average molecular weight is 224 g/mol. The summed E-state index contributed by atoms with van der Waals surface area (Å²) in [6.07, 6.45) is 3.04. The highest BCUT2D eigenvalue weighted by atomic mass is 19.1. The zero-order chi connectivity index (χ0) is 12.0. The summed E-state index contributed by atoms with van der Waals surface area (Å²) in [5, 5.41) is 0. The van der Waals surface area contributed by atoms with E-state index in [1.807, 2.05) is 6.07 Å². The number of benzene rings is 1. The van der Waals surface area contributed by atoms with Crippen LogP contribution in [-0.2, 0) is 6.42 Å². The predicted octanol–water partition coefficient (Wildman–Crippen LogP) is 2.64. The largest absolute Gasteiger partial charge is 0.271 e. The van der Waals surface area contributed by atoms with Crippen molar-refractivity contribution in [2.24, 2.45) is 11.8 Å². The standard InChI is InChI=1S/C13H21FN2/c1-3-5-10(2)13(16-15)9-11-6-4-7-12(14)8-11/h4,6-8,10,13,16H,3,5,9,15H2,1-2H3. The summed E-state index contributed by atoms with van der Waals surface area (Å²) in [7, 11) is 0. The quantitative estimate of drug-likeness (QED) is 0.576. The van der Waals surface area contributed by atoms with Crippen LogP contribution < -0.4 is 11.3 Å². The second kappa shape index (κ2) is 6.61. The lowest BCUT2D eigenvalue weighted by Crippen LogP contribution is -2.41. The van der Waals surface area contributed by atoms with Crippen LogP contribution in [0.25, 0.3) is 0 Å². The Kier molecular flexibility index (Phi) is 5.43. The van der Waals surface area contributed by atoms with E-state index in [2.05, 4.69) is 19.3 Å². The first-order chi connectivity index (χ1) is 7.67. The molecule has 0 aliphatic rings. The van der Waals surface area contributed by atoms with Crippen molar-refractivity contribution in [3.05, 3.63) is 35.6 Å². The Bertz CT molecular complexity index is 315. The van der Waals surface area contributed by atoms with Crippen molar-refractivity contribution in [2.45, 2.75) is 39.2 Å². The minimum Gasteiger partial charge on any atom is -0.271 e. The summed E-state index contributed by atoms with van der Waals surface area (Å²) in [6, 6.07) is 6.92. The Morgan fingerprint density at radius 1 is 1.44 bits per heavy atom. The lowest BCUT2D eigenvalue weighted by atomic mass is 9.92. The summed E-state index contributed by atoms with van der Waals surface area (Å²) in [5.74, 6) is 5.86. The Morgan fingerprint density at radius 2 is 2.19 bits per heavy atom. The van der Waals surface area contributed by atoms with E-state index >= 15 is 0 Å². The molecule has 1 aromatic rings. The Balaban J connectivity index is 2.62. The maximum atomic E-state index is 13.0. The van der Waals surface area contributed by atoms with Crippen LogP contribution in [0.4, 0.5) is 4.39 Å². The molecular formula is C13H21FN2. The molecule has 90 valence electrons. The number of halogens is 1. The minimum absolute atomic E-state index is 0.184. The fourth-order valence-electron chi connectivity index (χ4n) is 2.00. The summed E-state index contributed by atoms with van der Waals surface area (Å²) in [5.41, 5.74) is 3.82. The highest BCUT2D eigenvalue weighted by molar-refractivity contribution is 5.17. The lowest BCUT2D eigenvalue weighted by molar-refractivity contribution is 0.356. The summed E-state index contributed by atoms with van der Waals surface area (Å²) in [6.45, 7) is 4.33. The molecule has 2 atom stereocenters. The molecule has 0 saturated heterocycles. The fraction of sp³-hybridized carbons (Fsp3) is 0.538. The number of hydrogen-bond acceptors (Lipinski definition) is 2. The van der Waals surface area contributed by atoms with Gasteiger partial charge in [-0.15, -0.1) is 0 Å². The zero-order valence-electron chi connectivity index (χ0n) is 10.0. The molecule has 1 aromatic carbocycles. The molecule has 16 heavy (non-hydrogen) atoms. The molecule has 0 aliphatic heterocycles. The van der Waals surface area contributed by atoms with Crippen molar-refractivity contribution in [1.82, 2.24) is 5.43 Å². The molecule has 0 saturated carbocycles. The molecule has 0 spiro atoms. The van der Waals surface area contributed by atoms with Gasteiger partial charge < -0.3 is 0 Å². The van der Waals surface area contributed by atoms with Gasteiger partial charge >= 0.3 is 0 Å². The van der Waals surface area contributed by atoms with Gasteiger partial charge in [-0.2, -0.15) is 0 Å². The van der Waals surface area contributed by atoms with Gasteiger partial charge in [0.2, 0.25) is 0 Å². The second-order valence-corrected chi connectivity index (χ2v) is 4.37. The smallest absolute Gasteiger partial charge is 0.123 e. The minimum atomic E-state index is -0.184.